The summed E-state index contributed by atoms with van der Waals surface area (Å²) in [7, 11) is 1.84. The molecule has 2 aromatic carbocycles. The lowest BCUT2D eigenvalue weighted by molar-refractivity contribution is 0.0733. The van der Waals surface area contributed by atoms with Crippen molar-refractivity contribution >= 4 is 23.2 Å². The third-order valence-corrected chi connectivity index (χ3v) is 3.92. The van der Waals surface area contributed by atoms with E-state index in [1.807, 2.05) is 38.2 Å². The van der Waals surface area contributed by atoms with E-state index in [0.717, 1.165) is 16.7 Å². The highest BCUT2D eigenvalue weighted by Gasteiger charge is 2.24. The zero-order chi connectivity index (χ0) is 15.0. The molecule has 1 unspecified atom stereocenters. The highest BCUT2D eigenvalue weighted by Crippen LogP contribution is 2.44. The fourth-order valence-corrected chi connectivity index (χ4v) is 2.85. The van der Waals surface area contributed by atoms with E-state index >= 15 is 0 Å². The third-order valence-electron chi connectivity index (χ3n) is 3.47. The van der Waals surface area contributed by atoms with E-state index in [2.05, 4.69) is 5.32 Å². The van der Waals surface area contributed by atoms with Crippen molar-refractivity contribution in [3.05, 3.63) is 45.9 Å². The number of benzene rings is 2. The quantitative estimate of drug-likeness (QED) is 0.894. The first-order valence-corrected chi connectivity index (χ1v) is 7.41. The molecule has 0 aromatic heterocycles. The van der Waals surface area contributed by atoms with Crippen LogP contribution in [0.25, 0.3) is 11.1 Å². The normalized spacial score (nSPS) is 16.9. The van der Waals surface area contributed by atoms with Crippen LogP contribution in [0.4, 0.5) is 0 Å². The van der Waals surface area contributed by atoms with E-state index < -0.39 is 0 Å². The van der Waals surface area contributed by atoms with Crippen molar-refractivity contribution in [3.63, 3.8) is 0 Å². The Balaban J connectivity index is 2.16. The van der Waals surface area contributed by atoms with Crippen LogP contribution in [0.3, 0.4) is 0 Å². The maximum absolute atomic E-state index is 6.21. The van der Waals surface area contributed by atoms with Gasteiger partial charge in [-0.05, 0) is 43.3 Å². The Kier molecular flexibility index (Phi) is 3.98. The van der Waals surface area contributed by atoms with Crippen LogP contribution in [-0.4, -0.2) is 19.9 Å². The van der Waals surface area contributed by atoms with Crippen LogP contribution < -0.4 is 14.8 Å². The molecular weight excluding hydrogens is 309 g/mol. The third kappa shape index (κ3) is 2.82. The number of halogens is 2. The molecule has 1 N–H and O–H groups in total. The monoisotopic (exact) mass is 323 g/mol. The maximum Gasteiger partial charge on any atom is 0.184 e. The van der Waals surface area contributed by atoms with Gasteiger partial charge in [0.1, 0.15) is 6.61 Å². The lowest BCUT2D eigenvalue weighted by Crippen LogP contribution is -2.39. The van der Waals surface area contributed by atoms with E-state index in [1.54, 1.807) is 6.07 Å². The van der Waals surface area contributed by atoms with Gasteiger partial charge in [0, 0.05) is 21.7 Å². The van der Waals surface area contributed by atoms with Crippen LogP contribution in [0, 0.1) is 6.92 Å². The van der Waals surface area contributed by atoms with Gasteiger partial charge in [0.15, 0.2) is 17.7 Å². The largest absolute Gasteiger partial charge is 0.484 e. The molecule has 0 bridgehead atoms. The van der Waals surface area contributed by atoms with Crippen molar-refractivity contribution < 1.29 is 9.47 Å². The Morgan fingerprint density at radius 1 is 1.10 bits per heavy atom. The van der Waals surface area contributed by atoms with Gasteiger partial charge in [-0.2, -0.15) is 0 Å². The van der Waals surface area contributed by atoms with Crippen molar-refractivity contribution in [2.24, 2.45) is 0 Å². The number of hydrogen-bond acceptors (Lipinski definition) is 3. The number of ether oxygens (including phenoxy) is 2. The average molecular weight is 324 g/mol. The Morgan fingerprint density at radius 3 is 2.62 bits per heavy atom. The molecule has 0 aliphatic carbocycles. The Morgan fingerprint density at radius 2 is 1.90 bits per heavy atom. The molecule has 1 heterocycles. The Hall–Kier alpha value is -1.42. The van der Waals surface area contributed by atoms with Crippen LogP contribution in [0.1, 0.15) is 5.56 Å². The fourth-order valence-electron chi connectivity index (χ4n) is 2.41. The molecule has 0 fully saturated rings. The van der Waals surface area contributed by atoms with Crippen LogP contribution in [0.5, 0.6) is 11.5 Å². The predicted octanol–water partition coefficient (Wildman–Crippen LogP) is 4.29. The summed E-state index contributed by atoms with van der Waals surface area (Å²) in [4.78, 5) is 0. The molecule has 0 saturated heterocycles. The molecule has 2 aromatic rings. The molecule has 110 valence electrons. The smallest absolute Gasteiger partial charge is 0.184 e. The molecule has 5 heteroatoms. The maximum atomic E-state index is 6.21. The van der Waals surface area contributed by atoms with Crippen molar-refractivity contribution in [2.45, 2.75) is 13.2 Å². The summed E-state index contributed by atoms with van der Waals surface area (Å²) in [6.07, 6.45) is -0.176. The molecule has 21 heavy (non-hydrogen) atoms. The first-order valence-electron chi connectivity index (χ1n) is 6.65. The number of hydrogen-bond donors (Lipinski definition) is 1. The minimum Gasteiger partial charge on any atom is -0.484 e. The number of rotatable bonds is 2. The Bertz CT molecular complexity index is 688. The summed E-state index contributed by atoms with van der Waals surface area (Å²) in [6, 6.07) is 9.41. The fraction of sp³-hybridized carbons (Fsp3) is 0.250. The van der Waals surface area contributed by atoms with Gasteiger partial charge in [-0.25, -0.2) is 0 Å². The molecule has 1 atom stereocenters. The van der Waals surface area contributed by atoms with E-state index in [4.69, 9.17) is 32.7 Å². The van der Waals surface area contributed by atoms with Gasteiger partial charge in [0.05, 0.1) is 0 Å². The molecule has 0 amide bonds. The lowest BCUT2D eigenvalue weighted by atomic mass is 9.99. The van der Waals surface area contributed by atoms with Crippen LogP contribution >= 0.6 is 23.2 Å². The zero-order valence-electron chi connectivity index (χ0n) is 11.7. The zero-order valence-corrected chi connectivity index (χ0v) is 13.3. The highest BCUT2D eigenvalue weighted by molar-refractivity contribution is 6.31. The topological polar surface area (TPSA) is 30.5 Å². The second kappa shape index (κ2) is 5.76. The van der Waals surface area contributed by atoms with Gasteiger partial charge in [-0.1, -0.05) is 29.3 Å². The van der Waals surface area contributed by atoms with Gasteiger partial charge in [0.2, 0.25) is 0 Å². The van der Waals surface area contributed by atoms with Crippen LogP contribution in [-0.2, 0) is 0 Å². The lowest BCUT2D eigenvalue weighted by Gasteiger charge is -2.28. The van der Waals surface area contributed by atoms with Gasteiger partial charge < -0.3 is 9.47 Å². The summed E-state index contributed by atoms with van der Waals surface area (Å²) in [6.45, 7) is 2.45. The molecule has 0 saturated carbocycles. The average Bonchev–Trinajstić information content (AvgIpc) is 2.46. The van der Waals surface area contributed by atoms with E-state index in [-0.39, 0.29) is 6.23 Å². The Labute approximate surface area is 133 Å². The number of aryl methyl sites for hydroxylation is 1. The first kappa shape index (κ1) is 14.5. The second-order valence-electron chi connectivity index (χ2n) is 4.95. The second-order valence-corrected chi connectivity index (χ2v) is 5.82. The summed E-state index contributed by atoms with van der Waals surface area (Å²) in [5, 5.41) is 4.38. The van der Waals surface area contributed by atoms with Crippen molar-refractivity contribution in [1.82, 2.24) is 5.32 Å². The molecule has 0 radical (unpaired) electrons. The van der Waals surface area contributed by atoms with Crippen LogP contribution in [0.15, 0.2) is 30.3 Å². The SMILES string of the molecule is CNC1COc2cc(Cl)cc(-c3ccc(Cl)cc3C)c2O1. The van der Waals surface area contributed by atoms with Crippen molar-refractivity contribution in [2.75, 3.05) is 13.7 Å². The van der Waals surface area contributed by atoms with Gasteiger partial charge >= 0.3 is 0 Å². The van der Waals surface area contributed by atoms with Gasteiger partial charge in [0.25, 0.3) is 0 Å². The predicted molar refractivity (Wildman–Crippen MR) is 85.6 cm³/mol. The molecule has 1 aliphatic rings. The summed E-state index contributed by atoms with van der Waals surface area (Å²) in [5.74, 6) is 1.37. The summed E-state index contributed by atoms with van der Waals surface area (Å²) < 4.78 is 11.7. The van der Waals surface area contributed by atoms with E-state index in [0.29, 0.717) is 28.2 Å². The molecular formula is C16H15Cl2NO2. The number of likely N-dealkylation sites (N-methyl/N-ethyl adjacent to an activating group) is 1. The highest BCUT2D eigenvalue weighted by atomic mass is 35.5. The molecule has 1 aliphatic heterocycles. The minimum absolute atomic E-state index is 0.176. The molecule has 0 spiro atoms. The first-order chi connectivity index (χ1) is 10.1. The number of fused-ring (bicyclic) bond motifs is 1. The van der Waals surface area contributed by atoms with Crippen LogP contribution in [0.2, 0.25) is 10.0 Å². The van der Waals surface area contributed by atoms with E-state index in [1.165, 1.54) is 0 Å². The number of nitrogens with one attached hydrogen (secondary N) is 1. The standard InChI is InChI=1S/C16H15Cl2NO2/c1-9-5-10(17)3-4-12(9)13-6-11(18)7-14-16(13)21-15(19-2)8-20-14/h3-7,15,19H,8H2,1-2H3. The minimum atomic E-state index is -0.176. The molecule has 3 nitrogen and oxygen atoms in total. The summed E-state index contributed by atoms with van der Waals surface area (Å²) in [5.41, 5.74) is 2.99. The van der Waals surface area contributed by atoms with E-state index in [9.17, 15) is 0 Å². The van der Waals surface area contributed by atoms with Crippen molar-refractivity contribution in [1.29, 1.82) is 0 Å². The molecule has 3 rings (SSSR count). The van der Waals surface area contributed by atoms with Crippen molar-refractivity contribution in [3.8, 4) is 22.6 Å². The van der Waals surface area contributed by atoms with Gasteiger partial charge in [-0.3, -0.25) is 5.32 Å². The summed E-state index contributed by atoms with van der Waals surface area (Å²) >= 11 is 12.2. The van der Waals surface area contributed by atoms with Gasteiger partial charge in [-0.15, -0.1) is 0 Å².